The predicted octanol–water partition coefficient (Wildman–Crippen LogP) is 1.40. The number of hydrogen-bond acceptors (Lipinski definition) is 24. The van der Waals surface area contributed by atoms with Crippen LogP contribution in [-0.4, -0.2) is 211 Å². The van der Waals surface area contributed by atoms with E-state index in [-0.39, 0.29) is 88.5 Å². The highest BCUT2D eigenvalue weighted by Crippen LogP contribution is 2.55. The number of aromatic nitrogens is 4. The molecule has 2 aromatic carbocycles. The Morgan fingerprint density at radius 1 is 0.821 bits per heavy atom. The van der Waals surface area contributed by atoms with Crippen LogP contribution in [0.15, 0.2) is 54.5 Å². The van der Waals surface area contributed by atoms with Gasteiger partial charge in [-0.3, -0.25) is 18.7 Å². The number of aliphatic hydroxyl groups is 2. The number of fused-ring (bicyclic) bond motifs is 2. The summed E-state index contributed by atoms with van der Waals surface area (Å²) in [4.78, 5) is 62.2. The lowest BCUT2D eigenvalue weighted by atomic mass is 9.99. The summed E-state index contributed by atoms with van der Waals surface area (Å²) in [5.74, 6) is -1.85. The van der Waals surface area contributed by atoms with Gasteiger partial charge in [0.2, 0.25) is 16.9 Å². The van der Waals surface area contributed by atoms with E-state index in [0.29, 0.717) is 89.0 Å². The van der Waals surface area contributed by atoms with Gasteiger partial charge in [0.15, 0.2) is 29.4 Å². The lowest BCUT2D eigenvalue weighted by Crippen LogP contribution is -2.37. The maximum Gasteiger partial charge on any atom is 0.340 e. The summed E-state index contributed by atoms with van der Waals surface area (Å²) in [5, 5.41) is 33.6. The number of aliphatic hydroxyl groups excluding tert-OH is 2. The van der Waals surface area contributed by atoms with Gasteiger partial charge in [-0.15, -0.1) is 0 Å². The number of nitrogens with zero attached hydrogens (tertiary/aromatic N) is 5. The van der Waals surface area contributed by atoms with Crippen LogP contribution < -0.4 is 26.9 Å². The molecule has 2 aliphatic rings. The number of benzene rings is 2. The number of halogens is 4. The van der Waals surface area contributed by atoms with E-state index in [4.69, 9.17) is 80.1 Å². The molecule has 0 spiro atoms. The fraction of sp³-hybridized carbons (Fsp3) is 0.571. The van der Waals surface area contributed by atoms with Crippen LogP contribution in [0.2, 0.25) is 5.28 Å². The highest BCUT2D eigenvalue weighted by molar-refractivity contribution is 7.70. The monoisotopic (exact) mass is 1260 g/mol. The molecule has 3 heterocycles. The number of rotatable bonds is 40. The molecule has 4 aromatic rings. The molecule has 0 bridgehead atoms. The van der Waals surface area contributed by atoms with Crippen LogP contribution in [0.25, 0.3) is 11.0 Å². The molecule has 1 saturated heterocycles. The van der Waals surface area contributed by atoms with Gasteiger partial charge >= 0.3 is 21.2 Å². The molecule has 29 nitrogen and oxygen atoms in total. The summed E-state index contributed by atoms with van der Waals surface area (Å²) in [6, 6.07) is 7.74. The average Bonchev–Trinajstić information content (AvgIpc) is 2.00. The third kappa shape index (κ3) is 22.4. The van der Waals surface area contributed by atoms with E-state index < -0.39 is 93.4 Å². The first kappa shape index (κ1) is 68.1. The second-order valence-corrected chi connectivity index (χ2v) is 22.9. The van der Waals surface area contributed by atoms with Crippen molar-refractivity contribution in [2.75, 3.05) is 137 Å². The minimum Gasteiger partial charge on any atom is -0.420 e. The summed E-state index contributed by atoms with van der Waals surface area (Å²) in [7, 11) is -9.73. The van der Waals surface area contributed by atoms with Crippen molar-refractivity contribution in [2.45, 2.75) is 43.4 Å². The molecular weight excluding hydrogens is 1190 g/mol. The van der Waals surface area contributed by atoms with E-state index in [0.717, 1.165) is 15.8 Å². The largest absolute Gasteiger partial charge is 0.420 e. The summed E-state index contributed by atoms with van der Waals surface area (Å²) >= 11 is 6.39. The van der Waals surface area contributed by atoms with E-state index in [2.05, 4.69) is 30.4 Å². The Morgan fingerprint density at radius 3 is 2.04 bits per heavy atom. The Morgan fingerprint density at radius 2 is 1.40 bits per heavy atom. The smallest absolute Gasteiger partial charge is 0.340 e. The maximum absolute atomic E-state index is 13.7. The zero-order valence-corrected chi connectivity index (χ0v) is 47.8. The number of nitrogens with two attached hydrogens (primary N) is 2. The summed E-state index contributed by atoms with van der Waals surface area (Å²) in [5.41, 5.74) is 8.24. The number of carbonyl (C=O) groups excluding carboxylic acids is 2. The van der Waals surface area contributed by atoms with Crippen LogP contribution in [0.4, 0.5) is 19.0 Å². The average molecular weight is 1260 g/mol. The number of hydrazine groups is 1. The van der Waals surface area contributed by atoms with Crippen molar-refractivity contribution in [3.05, 3.63) is 88.4 Å². The highest BCUT2D eigenvalue weighted by atomic mass is 35.5. The van der Waals surface area contributed by atoms with Crippen LogP contribution >= 0.6 is 26.8 Å². The van der Waals surface area contributed by atoms with Gasteiger partial charge in [0.1, 0.15) is 29.9 Å². The molecule has 1 fully saturated rings. The topological polar surface area (TPSA) is 394 Å². The third-order valence-electron chi connectivity index (χ3n) is 12.2. The van der Waals surface area contributed by atoms with Gasteiger partial charge in [0, 0.05) is 24.9 Å². The van der Waals surface area contributed by atoms with Crippen LogP contribution in [-0.2, 0) is 72.3 Å². The summed E-state index contributed by atoms with van der Waals surface area (Å²) in [6.07, 6.45) is -3.15. The van der Waals surface area contributed by atoms with Crippen molar-refractivity contribution in [3.63, 3.8) is 0 Å². The first-order valence-electron chi connectivity index (χ1n) is 26.2. The lowest BCUT2D eigenvalue weighted by molar-refractivity contribution is -0.136. The van der Waals surface area contributed by atoms with Crippen LogP contribution in [0, 0.1) is 23.4 Å². The highest BCUT2D eigenvalue weighted by Gasteiger charge is 2.46. The number of esters is 1. The normalized spacial score (nSPS) is 19.6. The van der Waals surface area contributed by atoms with Crippen LogP contribution in [0.3, 0.4) is 0 Å². The number of hydrogen-bond donors (Lipinski definition) is 9. The lowest BCUT2D eigenvalue weighted by Gasteiger charge is -2.22. The Kier molecular flexibility index (Phi) is 27.8. The molecule has 0 radical (unpaired) electrons. The Hall–Kier alpha value is -5.03. The number of nitrogens with one attached hydrogen (secondary N) is 2. The third-order valence-corrected chi connectivity index (χ3v) is 15.8. The summed E-state index contributed by atoms with van der Waals surface area (Å²) in [6.45, 7) is 3.71. The fourth-order valence-electron chi connectivity index (χ4n) is 8.31. The van der Waals surface area contributed by atoms with Gasteiger partial charge in [-0.05, 0) is 29.1 Å². The van der Waals surface area contributed by atoms with E-state index in [9.17, 15) is 47.0 Å². The quantitative estimate of drug-likeness (QED) is 0.00578. The molecule has 1 aliphatic carbocycles. The first-order chi connectivity index (χ1) is 40.2. The Bertz CT molecular complexity index is 2850. The second kappa shape index (κ2) is 34.3. The van der Waals surface area contributed by atoms with E-state index >= 15 is 0 Å². The van der Waals surface area contributed by atoms with Crippen LogP contribution in [0.1, 0.15) is 29.8 Å². The van der Waals surface area contributed by atoms with Crippen molar-refractivity contribution in [1.82, 2.24) is 30.1 Å². The molecule has 0 saturated carbocycles. The Balaban J connectivity index is 0.757. The minimum atomic E-state index is -4.93. The first-order valence-corrected chi connectivity index (χ1v) is 30.1. The number of ether oxygens (including phenoxy) is 10. The van der Waals surface area contributed by atoms with E-state index in [1.54, 1.807) is 0 Å². The van der Waals surface area contributed by atoms with Gasteiger partial charge in [0.05, 0.1) is 155 Å². The number of amides is 1. The van der Waals surface area contributed by atoms with Gasteiger partial charge in [-0.2, -0.15) is 15.1 Å². The summed E-state index contributed by atoms with van der Waals surface area (Å²) < 4.78 is 124. The Labute approximate surface area is 484 Å². The van der Waals surface area contributed by atoms with E-state index in [1.165, 1.54) is 17.4 Å². The molecule has 35 heteroatoms. The maximum atomic E-state index is 13.7. The fourth-order valence-corrected chi connectivity index (χ4v) is 11.0. The molecule has 7 atom stereocenters. The standard InChI is InChI=1S/C49H69ClF3N9O20P2/c50-49-59-45(36-26-57-62(46(36)60-49)48-43(65)42(64)39(81-48)29-80-84(70,71)30-83(67,68)69)58-41-34-4-2-1-3-31(34)23-35(41)47(66)56-6-9-73-12-15-76-19-20-78-21-22-79-28-33(54)27-61(55)7-10-74-13-16-77-18-17-75-14-11-72-8-5-40(63)82-44-37(52)24-32(51)25-38(44)53/h1-4,24-27,35,39,41-43,48,64-65H,5-23,28-30,54-55H2,(H,56,66)(H,70,71)(H,58,59,60)(H2,67,68,69)/b33-27-/t35-,39+,41+,42+,43+,48+/m0/s1. The molecular formula is C49H69ClF3N9O20P2. The van der Waals surface area contributed by atoms with Crippen molar-refractivity contribution in [1.29, 1.82) is 0 Å². The molecule has 1 amide bonds. The molecule has 84 heavy (non-hydrogen) atoms. The molecule has 11 N–H and O–H groups in total. The molecule has 1 unspecified atom stereocenters. The van der Waals surface area contributed by atoms with Gasteiger partial charge in [0.25, 0.3) is 0 Å². The number of anilines is 1. The van der Waals surface area contributed by atoms with Crippen molar-refractivity contribution >= 4 is 55.5 Å². The van der Waals surface area contributed by atoms with Gasteiger partial charge in [-0.1, -0.05) is 24.3 Å². The molecule has 1 aliphatic heterocycles. The van der Waals surface area contributed by atoms with E-state index in [1.807, 2.05) is 24.3 Å². The van der Waals surface area contributed by atoms with Crippen molar-refractivity contribution in [3.8, 4) is 5.75 Å². The van der Waals surface area contributed by atoms with Crippen molar-refractivity contribution in [2.24, 2.45) is 17.5 Å². The molecule has 2 aromatic heterocycles. The SMILES string of the molecule is N/C(=C\N(N)CCOCCOCCOCCOCCC(=O)Oc1c(F)cc(F)cc1F)COCCOCCOCCOCCNC(=O)[C@H]1Cc2ccccc2[C@H]1Nc1nc(Cl)nc2c1cnn2[C@@H]1O[C@H](COP(=O)(O)CP(=O)(O)O)[C@@H](O)[C@H]1O. The van der Waals surface area contributed by atoms with Crippen molar-refractivity contribution < 1.29 is 109 Å². The minimum absolute atomic E-state index is 0.0606. The van der Waals surface area contributed by atoms with Gasteiger partial charge in [-0.25, -0.2) is 23.7 Å². The zero-order valence-electron chi connectivity index (χ0n) is 45.3. The molecule has 6 rings (SSSR count). The zero-order chi connectivity index (χ0) is 60.7. The number of carbonyl (C=O) groups is 2. The van der Waals surface area contributed by atoms with Gasteiger partial charge < -0.3 is 98.2 Å². The second-order valence-electron chi connectivity index (χ2n) is 18.6. The molecule has 468 valence electrons. The van der Waals surface area contributed by atoms with Crippen LogP contribution in [0.5, 0.6) is 5.75 Å². The predicted molar refractivity (Wildman–Crippen MR) is 288 cm³/mol.